The van der Waals surface area contributed by atoms with Crippen molar-refractivity contribution in [3.05, 3.63) is 30.1 Å². The highest BCUT2D eigenvalue weighted by molar-refractivity contribution is 5.92. The molecule has 2 unspecified atom stereocenters. The molecule has 0 saturated heterocycles. The number of nitrogens with one attached hydrogen (secondary N) is 2. The molecule has 0 aromatic heterocycles. The monoisotopic (exact) mass is 254 g/mol. The van der Waals surface area contributed by atoms with E-state index >= 15 is 0 Å². The number of aliphatic hydroxyl groups is 1. The Bertz CT molecular complexity index is 396. The maximum Gasteiger partial charge on any atom is 0.238 e. The fraction of sp³-hybridized carbons (Fsp3) is 0.462. The number of carbonyl (C=O) groups excluding carboxylic acids is 1. The summed E-state index contributed by atoms with van der Waals surface area (Å²) in [5.41, 5.74) is 0.174. The number of aliphatic hydroxyl groups excluding tert-OH is 1. The topological polar surface area (TPSA) is 61.4 Å². The zero-order chi connectivity index (χ0) is 13.5. The first-order chi connectivity index (χ1) is 8.49. The molecule has 1 rings (SSSR count). The van der Waals surface area contributed by atoms with Gasteiger partial charge in [0.15, 0.2) is 0 Å². The standard InChI is InChI=1S/C13H19FN2O2/c1-9(7-10(2)17)15-8-13(18)16-12-6-4-3-5-11(12)14/h3-6,9-10,15,17H,7-8H2,1-2H3,(H,16,18). The SMILES string of the molecule is CC(O)CC(C)NCC(=O)Nc1ccccc1F. The molecular formula is C13H19FN2O2. The van der Waals surface area contributed by atoms with Gasteiger partial charge in [-0.05, 0) is 32.4 Å². The van der Waals surface area contributed by atoms with Gasteiger partial charge in [-0.25, -0.2) is 4.39 Å². The summed E-state index contributed by atoms with van der Waals surface area (Å²) in [5, 5.41) is 14.6. The van der Waals surface area contributed by atoms with E-state index in [0.29, 0.717) is 6.42 Å². The van der Waals surface area contributed by atoms with Gasteiger partial charge in [0.25, 0.3) is 0 Å². The molecule has 0 aliphatic carbocycles. The second-order valence-corrected chi connectivity index (χ2v) is 4.39. The molecule has 0 heterocycles. The van der Waals surface area contributed by atoms with Crippen molar-refractivity contribution in [1.29, 1.82) is 0 Å². The third kappa shape index (κ3) is 5.25. The Morgan fingerprint density at radius 1 is 1.39 bits per heavy atom. The minimum atomic E-state index is -0.456. The molecule has 3 N–H and O–H groups in total. The number of halogens is 1. The fourth-order valence-electron chi connectivity index (χ4n) is 1.62. The smallest absolute Gasteiger partial charge is 0.238 e. The van der Waals surface area contributed by atoms with Gasteiger partial charge in [-0.2, -0.15) is 0 Å². The van der Waals surface area contributed by atoms with E-state index < -0.39 is 11.9 Å². The van der Waals surface area contributed by atoms with Crippen LogP contribution in [0.2, 0.25) is 0 Å². The fourth-order valence-corrected chi connectivity index (χ4v) is 1.62. The van der Waals surface area contributed by atoms with Gasteiger partial charge in [0.1, 0.15) is 5.82 Å². The number of hydrogen-bond donors (Lipinski definition) is 3. The van der Waals surface area contributed by atoms with Crippen molar-refractivity contribution in [3.8, 4) is 0 Å². The second kappa shape index (κ2) is 7.08. The van der Waals surface area contributed by atoms with Crippen LogP contribution < -0.4 is 10.6 Å². The Hall–Kier alpha value is -1.46. The molecule has 0 spiro atoms. The first kappa shape index (κ1) is 14.6. The van der Waals surface area contributed by atoms with Gasteiger partial charge in [0, 0.05) is 6.04 Å². The molecule has 1 aromatic carbocycles. The highest BCUT2D eigenvalue weighted by Gasteiger charge is 2.09. The third-order valence-corrected chi connectivity index (χ3v) is 2.45. The highest BCUT2D eigenvalue weighted by Crippen LogP contribution is 2.11. The average molecular weight is 254 g/mol. The van der Waals surface area contributed by atoms with Crippen LogP contribution in [0.3, 0.4) is 0 Å². The van der Waals surface area contributed by atoms with Gasteiger partial charge < -0.3 is 15.7 Å². The van der Waals surface area contributed by atoms with E-state index in [4.69, 9.17) is 5.11 Å². The number of para-hydroxylation sites is 1. The zero-order valence-corrected chi connectivity index (χ0v) is 10.6. The first-order valence-corrected chi connectivity index (χ1v) is 5.95. The van der Waals surface area contributed by atoms with Crippen LogP contribution in [0.4, 0.5) is 10.1 Å². The molecule has 1 amide bonds. The van der Waals surface area contributed by atoms with Gasteiger partial charge in [0.05, 0.1) is 18.3 Å². The van der Waals surface area contributed by atoms with Crippen LogP contribution in [-0.2, 0) is 4.79 Å². The van der Waals surface area contributed by atoms with Gasteiger partial charge in [-0.1, -0.05) is 12.1 Å². The van der Waals surface area contributed by atoms with E-state index in [1.54, 1.807) is 19.1 Å². The number of anilines is 1. The van der Waals surface area contributed by atoms with Crippen LogP contribution in [0.1, 0.15) is 20.3 Å². The van der Waals surface area contributed by atoms with Crippen LogP contribution in [0, 0.1) is 5.82 Å². The summed E-state index contributed by atoms with van der Waals surface area (Å²) in [6, 6.07) is 6.04. The molecule has 0 aliphatic heterocycles. The summed E-state index contributed by atoms with van der Waals surface area (Å²) < 4.78 is 13.3. The molecule has 0 bridgehead atoms. The molecular weight excluding hydrogens is 235 g/mol. The van der Waals surface area contributed by atoms with Crippen molar-refractivity contribution in [3.63, 3.8) is 0 Å². The number of carbonyl (C=O) groups is 1. The molecule has 4 nitrogen and oxygen atoms in total. The lowest BCUT2D eigenvalue weighted by Gasteiger charge is -2.15. The molecule has 100 valence electrons. The van der Waals surface area contributed by atoms with E-state index in [2.05, 4.69) is 10.6 Å². The molecule has 0 radical (unpaired) electrons. The minimum Gasteiger partial charge on any atom is -0.393 e. The predicted molar refractivity (Wildman–Crippen MR) is 68.8 cm³/mol. The van der Waals surface area contributed by atoms with Gasteiger partial charge in [-0.3, -0.25) is 4.79 Å². The lowest BCUT2D eigenvalue weighted by atomic mass is 10.1. The van der Waals surface area contributed by atoms with Crippen molar-refractivity contribution >= 4 is 11.6 Å². The van der Waals surface area contributed by atoms with Gasteiger partial charge in [-0.15, -0.1) is 0 Å². The maximum atomic E-state index is 13.3. The Morgan fingerprint density at radius 3 is 2.67 bits per heavy atom. The van der Waals surface area contributed by atoms with Crippen molar-refractivity contribution in [1.82, 2.24) is 5.32 Å². The maximum absolute atomic E-state index is 13.3. The number of hydrogen-bond acceptors (Lipinski definition) is 3. The summed E-state index contributed by atoms with van der Waals surface area (Å²) in [5.74, 6) is -0.763. The van der Waals surface area contributed by atoms with Crippen molar-refractivity contribution in [2.45, 2.75) is 32.4 Å². The lowest BCUT2D eigenvalue weighted by molar-refractivity contribution is -0.115. The minimum absolute atomic E-state index is 0.0244. The highest BCUT2D eigenvalue weighted by atomic mass is 19.1. The lowest BCUT2D eigenvalue weighted by Crippen LogP contribution is -2.36. The summed E-state index contributed by atoms with van der Waals surface area (Å²) in [4.78, 5) is 11.6. The van der Waals surface area contributed by atoms with Gasteiger partial charge >= 0.3 is 0 Å². The van der Waals surface area contributed by atoms with Crippen LogP contribution in [0.5, 0.6) is 0 Å². The molecule has 5 heteroatoms. The first-order valence-electron chi connectivity index (χ1n) is 5.95. The normalized spacial score (nSPS) is 14.0. The Balaban J connectivity index is 2.36. The summed E-state index contributed by atoms with van der Waals surface area (Å²) in [6.07, 6.45) is 0.148. The van der Waals surface area contributed by atoms with E-state index in [1.165, 1.54) is 12.1 Å². The Labute approximate surface area is 106 Å². The van der Waals surface area contributed by atoms with E-state index in [-0.39, 0.29) is 24.2 Å². The van der Waals surface area contributed by atoms with E-state index in [1.807, 2.05) is 6.92 Å². The molecule has 0 aliphatic rings. The van der Waals surface area contributed by atoms with Crippen molar-refractivity contribution < 1.29 is 14.3 Å². The predicted octanol–water partition coefficient (Wildman–Crippen LogP) is 1.51. The number of rotatable bonds is 6. The van der Waals surface area contributed by atoms with E-state index in [0.717, 1.165) is 0 Å². The molecule has 0 saturated carbocycles. The third-order valence-electron chi connectivity index (χ3n) is 2.45. The number of benzene rings is 1. The van der Waals surface area contributed by atoms with Crippen molar-refractivity contribution in [2.75, 3.05) is 11.9 Å². The molecule has 1 aromatic rings. The zero-order valence-electron chi connectivity index (χ0n) is 10.6. The number of amides is 1. The Kier molecular flexibility index (Phi) is 5.74. The molecule has 0 fully saturated rings. The van der Waals surface area contributed by atoms with Crippen LogP contribution in [0.15, 0.2) is 24.3 Å². The quantitative estimate of drug-likeness (QED) is 0.721. The second-order valence-electron chi connectivity index (χ2n) is 4.39. The molecule has 18 heavy (non-hydrogen) atoms. The van der Waals surface area contributed by atoms with Crippen LogP contribution >= 0.6 is 0 Å². The summed E-state index contributed by atoms with van der Waals surface area (Å²) in [7, 11) is 0. The molecule has 2 atom stereocenters. The summed E-state index contributed by atoms with van der Waals surface area (Å²) in [6.45, 7) is 3.66. The van der Waals surface area contributed by atoms with Crippen molar-refractivity contribution in [2.24, 2.45) is 0 Å². The Morgan fingerprint density at radius 2 is 2.06 bits per heavy atom. The van der Waals surface area contributed by atoms with Gasteiger partial charge in [0.2, 0.25) is 5.91 Å². The largest absolute Gasteiger partial charge is 0.393 e. The van der Waals surface area contributed by atoms with Crippen LogP contribution in [0.25, 0.3) is 0 Å². The average Bonchev–Trinajstić information content (AvgIpc) is 2.29. The summed E-state index contributed by atoms with van der Waals surface area (Å²) >= 11 is 0. The van der Waals surface area contributed by atoms with Crippen LogP contribution in [-0.4, -0.2) is 29.7 Å². The van der Waals surface area contributed by atoms with E-state index in [9.17, 15) is 9.18 Å².